The highest BCUT2D eigenvalue weighted by Crippen LogP contribution is 2.25. The third-order valence-corrected chi connectivity index (χ3v) is 4.29. The Hall–Kier alpha value is -1.34. The van der Waals surface area contributed by atoms with Crippen LogP contribution in [0.2, 0.25) is 0 Å². The lowest BCUT2D eigenvalue weighted by molar-refractivity contribution is -0.757. The van der Waals surface area contributed by atoms with Crippen molar-refractivity contribution in [3.63, 3.8) is 0 Å². The zero-order chi connectivity index (χ0) is 14.3. The molecule has 0 aromatic carbocycles. The van der Waals surface area contributed by atoms with Gasteiger partial charge in [-0.1, -0.05) is 12.7 Å². The summed E-state index contributed by atoms with van der Waals surface area (Å²) >= 11 is 3.15. The second kappa shape index (κ2) is 7.96. The van der Waals surface area contributed by atoms with E-state index in [2.05, 4.69) is 16.4 Å². The average Bonchev–Trinajstić information content (AvgIpc) is 2.66. The Bertz CT molecular complexity index is 483. The maximum atomic E-state index is 10.1. The molecule has 0 saturated heterocycles. The van der Waals surface area contributed by atoms with Crippen molar-refractivity contribution in [1.29, 1.82) is 0 Å². The van der Waals surface area contributed by atoms with Gasteiger partial charge in [-0.25, -0.2) is 4.98 Å². The fourth-order valence-electron chi connectivity index (χ4n) is 1.38. The molecule has 1 aromatic heterocycles. The van der Waals surface area contributed by atoms with Crippen molar-refractivity contribution in [2.24, 2.45) is 0 Å². The Morgan fingerprint density at radius 2 is 2.42 bits per heavy atom. The third kappa shape index (κ3) is 5.89. The number of nitrogens with zero attached hydrogens (tertiary/aromatic N) is 2. The summed E-state index contributed by atoms with van der Waals surface area (Å²) < 4.78 is 0. The molecule has 0 aliphatic rings. The van der Waals surface area contributed by atoms with Crippen LogP contribution in [-0.4, -0.2) is 16.7 Å². The minimum atomic E-state index is -0.771. The lowest BCUT2D eigenvalue weighted by Gasteiger charge is -1.97. The largest absolute Gasteiger partial charge is 0.314 e. The highest BCUT2D eigenvalue weighted by atomic mass is 32.2. The lowest BCUT2D eigenvalue weighted by atomic mass is 10.3. The Morgan fingerprint density at radius 3 is 3.05 bits per heavy atom. The van der Waals surface area contributed by atoms with E-state index in [-0.39, 0.29) is 6.61 Å². The number of thiazole rings is 1. The van der Waals surface area contributed by atoms with E-state index in [9.17, 15) is 10.1 Å². The Morgan fingerprint density at radius 1 is 1.68 bits per heavy atom. The van der Waals surface area contributed by atoms with Crippen molar-refractivity contribution in [1.82, 2.24) is 4.98 Å². The van der Waals surface area contributed by atoms with Crippen LogP contribution < -0.4 is 0 Å². The average molecular weight is 300 g/mol. The van der Waals surface area contributed by atoms with E-state index in [1.807, 2.05) is 25.3 Å². The highest BCUT2D eigenvalue weighted by molar-refractivity contribution is 8.05. The molecule has 0 radical (unpaired) electrons. The van der Waals surface area contributed by atoms with Crippen molar-refractivity contribution < 1.29 is 9.92 Å². The number of hydrogen-bond donors (Lipinski definition) is 0. The molecule has 0 saturated carbocycles. The van der Waals surface area contributed by atoms with Crippen LogP contribution >= 0.6 is 23.1 Å². The first-order chi connectivity index (χ1) is 9.02. The van der Waals surface area contributed by atoms with Gasteiger partial charge in [-0.2, -0.15) is 0 Å². The molecule has 0 aliphatic carbocycles. The minimum Gasteiger partial charge on any atom is -0.314 e. The first kappa shape index (κ1) is 15.7. The molecule has 0 amide bonds. The lowest BCUT2D eigenvalue weighted by Crippen LogP contribution is -2.04. The van der Waals surface area contributed by atoms with Gasteiger partial charge in [0.25, 0.3) is 5.09 Å². The summed E-state index contributed by atoms with van der Waals surface area (Å²) in [5.41, 5.74) is 0.913. The molecule has 0 spiro atoms. The molecule has 5 nitrogen and oxygen atoms in total. The number of aromatic nitrogens is 1. The summed E-state index contributed by atoms with van der Waals surface area (Å²) in [6, 6.07) is 0. The van der Waals surface area contributed by atoms with Crippen LogP contribution in [0.3, 0.4) is 0 Å². The van der Waals surface area contributed by atoms with E-state index >= 15 is 0 Å². The molecule has 1 heterocycles. The van der Waals surface area contributed by atoms with Crippen molar-refractivity contribution in [2.45, 2.75) is 26.7 Å². The summed E-state index contributed by atoms with van der Waals surface area (Å²) in [6.07, 6.45) is 3.19. The standard InChI is InChI=1S/C12H16N2O3S2/c1-4-7-18-9(2)8-12-13-10(3)11(19-12)5-6-17-14(15)16/h4,7H,2,5-6,8H2,1,3H3/b7-4-. The van der Waals surface area contributed by atoms with Gasteiger partial charge in [0.2, 0.25) is 0 Å². The van der Waals surface area contributed by atoms with Crippen molar-refractivity contribution in [3.8, 4) is 0 Å². The molecule has 0 unspecified atom stereocenters. The van der Waals surface area contributed by atoms with Crippen LogP contribution in [0.4, 0.5) is 0 Å². The van der Waals surface area contributed by atoms with Crippen LogP contribution in [0.5, 0.6) is 0 Å². The van der Waals surface area contributed by atoms with Gasteiger partial charge in [-0.3, -0.25) is 0 Å². The van der Waals surface area contributed by atoms with Gasteiger partial charge in [-0.05, 0) is 24.2 Å². The van der Waals surface area contributed by atoms with E-state index in [0.29, 0.717) is 6.42 Å². The van der Waals surface area contributed by atoms with E-state index < -0.39 is 5.09 Å². The van der Waals surface area contributed by atoms with Crippen LogP contribution in [0.25, 0.3) is 0 Å². The SMILES string of the molecule is C=C(Cc1nc(C)c(CCO[N+](=O)[O-])s1)S/C=C\C. The quantitative estimate of drug-likeness (QED) is 0.543. The van der Waals surface area contributed by atoms with Crippen LogP contribution in [0.1, 0.15) is 22.5 Å². The Kier molecular flexibility index (Phi) is 6.58. The zero-order valence-corrected chi connectivity index (χ0v) is 12.6. The number of thioether (sulfide) groups is 1. The fourth-order valence-corrected chi connectivity index (χ4v) is 3.12. The van der Waals surface area contributed by atoms with E-state index in [4.69, 9.17) is 0 Å². The summed E-state index contributed by atoms with van der Waals surface area (Å²) in [5, 5.41) is 12.3. The first-order valence-corrected chi connectivity index (χ1v) is 7.40. The molecule has 7 heteroatoms. The number of allylic oxidation sites excluding steroid dienone is 2. The van der Waals surface area contributed by atoms with Crippen LogP contribution in [0.15, 0.2) is 23.0 Å². The predicted molar refractivity (Wildman–Crippen MR) is 78.8 cm³/mol. The molecular formula is C12H16N2O3S2. The van der Waals surface area contributed by atoms with Gasteiger partial charge in [0.1, 0.15) is 6.61 Å². The number of aryl methyl sites for hydroxylation is 1. The van der Waals surface area contributed by atoms with E-state index in [1.54, 1.807) is 23.1 Å². The first-order valence-electron chi connectivity index (χ1n) is 5.71. The van der Waals surface area contributed by atoms with Crippen molar-refractivity contribution in [3.05, 3.63) is 48.7 Å². The van der Waals surface area contributed by atoms with E-state index in [0.717, 1.165) is 26.9 Å². The molecule has 1 aromatic rings. The monoisotopic (exact) mass is 300 g/mol. The molecular weight excluding hydrogens is 284 g/mol. The molecule has 0 aliphatic heterocycles. The van der Waals surface area contributed by atoms with Crippen LogP contribution in [0, 0.1) is 17.0 Å². The Balaban J connectivity index is 2.53. The van der Waals surface area contributed by atoms with Gasteiger partial charge in [-0.15, -0.1) is 33.2 Å². The topological polar surface area (TPSA) is 65.3 Å². The maximum absolute atomic E-state index is 10.1. The number of hydrogen-bond acceptors (Lipinski definition) is 6. The molecule has 104 valence electrons. The molecule has 0 bridgehead atoms. The normalized spacial score (nSPS) is 10.8. The molecule has 19 heavy (non-hydrogen) atoms. The fraction of sp³-hybridized carbons (Fsp3) is 0.417. The van der Waals surface area contributed by atoms with Crippen LogP contribution in [-0.2, 0) is 17.7 Å². The smallest absolute Gasteiger partial charge is 0.294 e. The summed E-state index contributed by atoms with van der Waals surface area (Å²) in [6.45, 7) is 7.91. The Labute approximate surface area is 120 Å². The summed E-state index contributed by atoms with van der Waals surface area (Å²) in [4.78, 5) is 20.9. The van der Waals surface area contributed by atoms with Gasteiger partial charge in [0, 0.05) is 17.7 Å². The predicted octanol–water partition coefficient (Wildman–Crippen LogP) is 3.53. The zero-order valence-electron chi connectivity index (χ0n) is 10.9. The van der Waals surface area contributed by atoms with Crippen molar-refractivity contribution in [2.75, 3.05) is 6.61 Å². The highest BCUT2D eigenvalue weighted by Gasteiger charge is 2.09. The second-order valence-electron chi connectivity index (χ2n) is 3.73. The summed E-state index contributed by atoms with van der Waals surface area (Å²) in [5.74, 6) is 0. The van der Waals surface area contributed by atoms with Gasteiger partial charge < -0.3 is 4.84 Å². The molecule has 1 rings (SSSR count). The van der Waals surface area contributed by atoms with Gasteiger partial charge >= 0.3 is 0 Å². The third-order valence-electron chi connectivity index (χ3n) is 2.18. The molecule has 0 atom stereocenters. The van der Waals surface area contributed by atoms with E-state index in [1.165, 1.54) is 0 Å². The van der Waals surface area contributed by atoms with Gasteiger partial charge in [0.05, 0.1) is 10.7 Å². The molecule has 0 N–H and O–H groups in total. The molecule has 0 fully saturated rings. The summed E-state index contributed by atoms with van der Waals surface area (Å²) in [7, 11) is 0. The van der Waals surface area contributed by atoms with Gasteiger partial charge in [0.15, 0.2) is 0 Å². The minimum absolute atomic E-state index is 0.0732. The van der Waals surface area contributed by atoms with Crippen molar-refractivity contribution >= 4 is 23.1 Å². The second-order valence-corrected chi connectivity index (χ2v) is 5.98. The number of rotatable bonds is 8. The maximum Gasteiger partial charge on any atom is 0.294 e.